The number of rotatable bonds is 4. The summed E-state index contributed by atoms with van der Waals surface area (Å²) < 4.78 is 45.7. The lowest BCUT2D eigenvalue weighted by molar-refractivity contribution is -0.139. The summed E-state index contributed by atoms with van der Waals surface area (Å²) in [5.74, 6) is 0.911. The molecule has 0 saturated heterocycles. The minimum Gasteiger partial charge on any atom is -0.492 e. The number of carbonyl (C=O) groups excluding carboxylic acids is 1. The zero-order valence-electron chi connectivity index (χ0n) is 15.2. The topological polar surface area (TPSA) is 52.3 Å². The van der Waals surface area contributed by atoms with Crippen LogP contribution in [0.4, 0.5) is 13.2 Å². The Morgan fingerprint density at radius 2 is 1.85 bits per heavy atom. The van der Waals surface area contributed by atoms with E-state index in [-0.39, 0.29) is 23.3 Å². The fraction of sp³-hybridized carbons (Fsp3) is 0.650. The third-order valence-corrected chi connectivity index (χ3v) is 5.85. The number of ether oxygens (including phenoxy) is 1. The van der Waals surface area contributed by atoms with E-state index < -0.39 is 17.6 Å². The predicted molar refractivity (Wildman–Crippen MR) is 92.8 cm³/mol. The van der Waals surface area contributed by atoms with E-state index >= 15 is 0 Å². The van der Waals surface area contributed by atoms with Crippen molar-refractivity contribution in [2.75, 3.05) is 6.61 Å². The molecule has 0 spiro atoms. The van der Waals surface area contributed by atoms with Crippen LogP contribution in [0, 0.1) is 23.2 Å². The summed E-state index contributed by atoms with van der Waals surface area (Å²) in [6.07, 6.45) is 1.03. The molecule has 0 heterocycles. The highest BCUT2D eigenvalue weighted by Crippen LogP contribution is 2.50. The minimum atomic E-state index is -4.60. The third kappa shape index (κ3) is 4.15. The van der Waals surface area contributed by atoms with Gasteiger partial charge in [0.1, 0.15) is 5.75 Å². The number of alkyl halides is 3. The summed E-state index contributed by atoms with van der Waals surface area (Å²) in [4.78, 5) is 11.2. The highest BCUT2D eigenvalue weighted by molar-refractivity contribution is 5.93. The van der Waals surface area contributed by atoms with Crippen LogP contribution in [0.1, 0.15) is 61.9 Å². The number of hydrogen-bond acceptors (Lipinski definition) is 2. The van der Waals surface area contributed by atoms with E-state index in [1.165, 1.54) is 31.4 Å². The average Bonchev–Trinajstić information content (AvgIpc) is 2.50. The highest BCUT2D eigenvalue weighted by Gasteiger charge is 2.42. The van der Waals surface area contributed by atoms with E-state index in [2.05, 4.69) is 13.8 Å². The second kappa shape index (κ2) is 6.78. The molecule has 2 aliphatic carbocycles. The Morgan fingerprint density at radius 1 is 1.23 bits per heavy atom. The van der Waals surface area contributed by atoms with Crippen LogP contribution in [0.5, 0.6) is 5.75 Å². The Balaban J connectivity index is 1.76. The number of hydrogen-bond donors (Lipinski definition) is 1. The molecular weight excluding hydrogens is 343 g/mol. The van der Waals surface area contributed by atoms with Crippen LogP contribution < -0.4 is 10.5 Å². The number of primary amides is 1. The molecule has 2 unspecified atom stereocenters. The molecule has 0 aliphatic heterocycles. The Morgan fingerprint density at radius 3 is 2.38 bits per heavy atom. The van der Waals surface area contributed by atoms with Crippen LogP contribution in [0.15, 0.2) is 18.2 Å². The molecule has 1 amide bonds. The molecule has 6 heteroatoms. The van der Waals surface area contributed by atoms with Crippen LogP contribution in [-0.2, 0) is 6.18 Å². The summed E-state index contributed by atoms with van der Waals surface area (Å²) in [6.45, 7) is 4.66. The van der Waals surface area contributed by atoms with Gasteiger partial charge in [-0.25, -0.2) is 0 Å². The Bertz CT molecular complexity index is 668. The molecule has 2 atom stereocenters. The molecule has 2 saturated carbocycles. The second-order valence-electron chi connectivity index (χ2n) is 8.62. The maximum Gasteiger partial charge on any atom is 0.419 e. The fourth-order valence-electron chi connectivity index (χ4n) is 5.11. The Kier molecular flexibility index (Phi) is 4.97. The molecule has 2 aliphatic rings. The number of halogens is 3. The fourth-order valence-corrected chi connectivity index (χ4v) is 5.11. The Hall–Kier alpha value is -1.72. The van der Waals surface area contributed by atoms with E-state index in [0.29, 0.717) is 11.8 Å². The first-order chi connectivity index (χ1) is 12.1. The van der Waals surface area contributed by atoms with Crippen molar-refractivity contribution in [1.29, 1.82) is 0 Å². The molecule has 3 nitrogen and oxygen atoms in total. The summed E-state index contributed by atoms with van der Waals surface area (Å²) in [5.41, 5.74) is 3.88. The molecular formula is C20H26F3NO2. The largest absolute Gasteiger partial charge is 0.492 e. The summed E-state index contributed by atoms with van der Waals surface area (Å²) in [7, 11) is 0. The van der Waals surface area contributed by atoms with Crippen LogP contribution in [0.3, 0.4) is 0 Å². The zero-order valence-corrected chi connectivity index (χ0v) is 15.2. The standard InChI is InChI=1S/C20H26F3NO2/c1-12-5-13-7-14(6-12)10-19(2,9-13)11-26-17-4-3-15(18(24)25)8-16(17)20(21,22)23/h3-4,8,12-14H,5-7,9-11H2,1-2H3,(H2,24,25). The summed E-state index contributed by atoms with van der Waals surface area (Å²) in [5, 5.41) is 0. The smallest absolute Gasteiger partial charge is 0.419 e. The van der Waals surface area contributed by atoms with E-state index in [0.717, 1.165) is 24.8 Å². The Labute approximate surface area is 152 Å². The molecule has 1 aromatic carbocycles. The highest BCUT2D eigenvalue weighted by atomic mass is 19.4. The molecule has 0 aromatic heterocycles. The van der Waals surface area contributed by atoms with Gasteiger partial charge in [0.25, 0.3) is 0 Å². The van der Waals surface area contributed by atoms with Gasteiger partial charge in [-0.05, 0) is 68.1 Å². The average molecular weight is 369 g/mol. The first-order valence-electron chi connectivity index (χ1n) is 9.19. The van der Waals surface area contributed by atoms with Crippen molar-refractivity contribution in [2.24, 2.45) is 28.9 Å². The van der Waals surface area contributed by atoms with Gasteiger partial charge in [-0.15, -0.1) is 0 Å². The van der Waals surface area contributed by atoms with E-state index in [1.807, 2.05) is 0 Å². The van der Waals surface area contributed by atoms with Crippen LogP contribution in [0.25, 0.3) is 0 Å². The van der Waals surface area contributed by atoms with Crippen molar-refractivity contribution in [2.45, 2.75) is 52.1 Å². The van der Waals surface area contributed by atoms with Crippen molar-refractivity contribution in [3.05, 3.63) is 29.3 Å². The van der Waals surface area contributed by atoms with Crippen molar-refractivity contribution in [3.8, 4) is 5.75 Å². The molecule has 0 radical (unpaired) electrons. The van der Waals surface area contributed by atoms with Gasteiger partial charge >= 0.3 is 6.18 Å². The van der Waals surface area contributed by atoms with E-state index in [9.17, 15) is 18.0 Å². The number of carbonyl (C=O) groups is 1. The van der Waals surface area contributed by atoms with Gasteiger partial charge < -0.3 is 10.5 Å². The van der Waals surface area contributed by atoms with Gasteiger partial charge in [0.2, 0.25) is 5.91 Å². The number of nitrogens with two attached hydrogens (primary N) is 1. The maximum absolute atomic E-state index is 13.4. The van der Waals surface area contributed by atoms with E-state index in [1.54, 1.807) is 0 Å². The molecule has 26 heavy (non-hydrogen) atoms. The van der Waals surface area contributed by atoms with Crippen molar-refractivity contribution in [1.82, 2.24) is 0 Å². The molecule has 2 N–H and O–H groups in total. The summed E-state index contributed by atoms with van der Waals surface area (Å²) in [6, 6.07) is 3.27. The first kappa shape index (κ1) is 19.1. The van der Waals surface area contributed by atoms with Gasteiger partial charge in [0.05, 0.1) is 12.2 Å². The van der Waals surface area contributed by atoms with Crippen LogP contribution >= 0.6 is 0 Å². The van der Waals surface area contributed by atoms with Crippen molar-refractivity contribution >= 4 is 5.91 Å². The number of amides is 1. The van der Waals surface area contributed by atoms with Gasteiger partial charge in [-0.3, -0.25) is 4.79 Å². The number of fused-ring (bicyclic) bond motifs is 2. The lowest BCUT2D eigenvalue weighted by Gasteiger charge is -2.47. The monoisotopic (exact) mass is 369 g/mol. The van der Waals surface area contributed by atoms with Gasteiger partial charge in [-0.2, -0.15) is 13.2 Å². The third-order valence-electron chi connectivity index (χ3n) is 5.85. The van der Waals surface area contributed by atoms with Gasteiger partial charge in [-0.1, -0.05) is 13.8 Å². The lowest BCUT2D eigenvalue weighted by Crippen LogP contribution is -2.39. The van der Waals surface area contributed by atoms with E-state index in [4.69, 9.17) is 10.5 Å². The quantitative estimate of drug-likeness (QED) is 0.809. The van der Waals surface area contributed by atoms with Crippen molar-refractivity contribution < 1.29 is 22.7 Å². The molecule has 144 valence electrons. The maximum atomic E-state index is 13.4. The predicted octanol–water partition coefficient (Wildman–Crippen LogP) is 5.04. The second-order valence-corrected chi connectivity index (χ2v) is 8.62. The molecule has 1 aromatic rings. The number of benzene rings is 1. The molecule has 2 fully saturated rings. The lowest BCUT2D eigenvalue weighted by atomic mass is 9.60. The summed E-state index contributed by atoms with van der Waals surface area (Å²) >= 11 is 0. The normalized spacial score (nSPS) is 31.5. The van der Waals surface area contributed by atoms with Gasteiger partial charge in [0, 0.05) is 11.0 Å². The van der Waals surface area contributed by atoms with Crippen LogP contribution in [0.2, 0.25) is 0 Å². The minimum absolute atomic E-state index is 0.112. The van der Waals surface area contributed by atoms with Gasteiger partial charge in [0.15, 0.2) is 0 Å². The molecule has 2 bridgehead atoms. The zero-order chi connectivity index (χ0) is 19.1. The van der Waals surface area contributed by atoms with Crippen LogP contribution in [-0.4, -0.2) is 12.5 Å². The SMILES string of the molecule is CC1CC2CC(C1)CC(C)(COc1ccc(C(N)=O)cc1C(F)(F)F)C2. The molecule has 3 rings (SSSR count). The van der Waals surface area contributed by atoms with Crippen molar-refractivity contribution in [3.63, 3.8) is 0 Å². The first-order valence-corrected chi connectivity index (χ1v) is 9.19.